The van der Waals surface area contributed by atoms with E-state index in [-0.39, 0.29) is 23.1 Å². The number of nitrogens with zero attached hydrogens (tertiary/aromatic N) is 1. The van der Waals surface area contributed by atoms with Crippen LogP contribution in [-0.4, -0.2) is 17.5 Å². The minimum absolute atomic E-state index is 0.0572. The lowest BCUT2D eigenvalue weighted by atomic mass is 9.72. The van der Waals surface area contributed by atoms with E-state index in [2.05, 4.69) is 44.0 Å². The zero-order valence-electron chi connectivity index (χ0n) is 25.5. The van der Waals surface area contributed by atoms with Gasteiger partial charge >= 0.3 is 12.4 Å². The molecule has 1 fully saturated rings. The van der Waals surface area contributed by atoms with Crippen molar-refractivity contribution in [3.8, 4) is 0 Å². The number of allylic oxidation sites excluding steroid dienone is 3. The smallest absolute Gasteiger partial charge is 0.368 e. The summed E-state index contributed by atoms with van der Waals surface area (Å²) in [4.78, 5) is 2.12. The maximum absolute atomic E-state index is 13.6. The van der Waals surface area contributed by atoms with Gasteiger partial charge in [0.15, 0.2) is 0 Å². The predicted molar refractivity (Wildman–Crippen MR) is 161 cm³/mol. The van der Waals surface area contributed by atoms with Crippen LogP contribution in [0.15, 0.2) is 60.3 Å². The number of hydrogen-bond donors (Lipinski definition) is 0. The molecule has 0 radical (unpaired) electrons. The maximum atomic E-state index is 13.6. The van der Waals surface area contributed by atoms with Crippen LogP contribution < -0.4 is 0 Å². The lowest BCUT2D eigenvalue weighted by molar-refractivity contribution is -0.143. The lowest BCUT2D eigenvalue weighted by Crippen LogP contribution is -2.33. The molecule has 0 amide bonds. The van der Waals surface area contributed by atoms with E-state index in [4.69, 9.17) is 0 Å². The Labute approximate surface area is 251 Å². The van der Waals surface area contributed by atoms with Crippen molar-refractivity contribution in [3.63, 3.8) is 0 Å². The Kier molecular flexibility index (Phi) is 8.19. The fourth-order valence-electron chi connectivity index (χ4n) is 7.48. The number of rotatable bonds is 6. The first-order valence-corrected chi connectivity index (χ1v) is 15.2. The molecule has 1 heterocycles. The third kappa shape index (κ3) is 6.61. The molecule has 232 valence electrons. The van der Waals surface area contributed by atoms with E-state index in [9.17, 15) is 26.3 Å². The highest BCUT2D eigenvalue weighted by Gasteiger charge is 2.41. The van der Waals surface area contributed by atoms with Gasteiger partial charge in [-0.25, -0.2) is 0 Å². The summed E-state index contributed by atoms with van der Waals surface area (Å²) in [6.45, 7) is 17.4. The molecule has 0 bridgehead atoms. The molecule has 2 aromatic rings. The zero-order valence-corrected chi connectivity index (χ0v) is 25.5. The maximum Gasteiger partial charge on any atom is 0.416 e. The quantitative estimate of drug-likeness (QED) is 0.235. The lowest BCUT2D eigenvalue weighted by Gasteiger charge is -2.37. The van der Waals surface area contributed by atoms with E-state index in [0.29, 0.717) is 13.0 Å². The van der Waals surface area contributed by atoms with Crippen LogP contribution in [0.3, 0.4) is 0 Å². The summed E-state index contributed by atoms with van der Waals surface area (Å²) < 4.78 is 81.9. The second-order valence-electron chi connectivity index (χ2n) is 13.8. The molecular weight excluding hydrogens is 560 g/mol. The number of halogens is 6. The molecule has 0 aromatic heterocycles. The molecule has 1 nitrogen and oxygen atoms in total. The molecule has 0 N–H and O–H groups in total. The third-order valence-corrected chi connectivity index (χ3v) is 9.61. The standard InChI is InChI=1S/C36H41F6N/c1-21(2)12-24-14-25-8-7-9-30(25)33(15-24)31-10-11-34(5,6)19-27(31)20-43-22(3)13-32(23(43)4)26-16-28(35(37,38)39)18-29(17-26)36(40,41)42/h14-18,23,32H,1,3,7-13,19-20H2,2,4-6H3. The van der Waals surface area contributed by atoms with Gasteiger partial charge in [0.05, 0.1) is 11.1 Å². The van der Waals surface area contributed by atoms with Gasteiger partial charge in [0.1, 0.15) is 0 Å². The largest absolute Gasteiger partial charge is 0.416 e. The van der Waals surface area contributed by atoms with Gasteiger partial charge in [0, 0.05) is 24.2 Å². The number of benzene rings is 2. The molecule has 1 aliphatic heterocycles. The molecule has 2 aliphatic carbocycles. The highest BCUT2D eigenvalue weighted by atomic mass is 19.4. The predicted octanol–water partition coefficient (Wildman–Crippen LogP) is 10.7. The Morgan fingerprint density at radius 2 is 1.60 bits per heavy atom. The summed E-state index contributed by atoms with van der Waals surface area (Å²) in [7, 11) is 0. The van der Waals surface area contributed by atoms with Crippen LogP contribution >= 0.6 is 0 Å². The van der Waals surface area contributed by atoms with Crippen molar-refractivity contribution in [2.45, 2.75) is 103 Å². The SMILES string of the molecule is C=C(C)Cc1cc2c(c(C3=C(CN4C(=C)CC(c5cc(C(F)(F)F)cc(C(F)(F)F)c5)C4C)CC(C)(C)CC3)c1)CCC2. The Morgan fingerprint density at radius 1 is 0.953 bits per heavy atom. The molecule has 0 spiro atoms. The summed E-state index contributed by atoms with van der Waals surface area (Å²) in [6, 6.07) is 6.33. The Balaban J connectivity index is 1.53. The molecule has 2 atom stereocenters. The van der Waals surface area contributed by atoms with Crippen molar-refractivity contribution < 1.29 is 26.3 Å². The number of fused-ring (bicyclic) bond motifs is 1. The van der Waals surface area contributed by atoms with Gasteiger partial charge < -0.3 is 4.90 Å². The van der Waals surface area contributed by atoms with Gasteiger partial charge in [-0.2, -0.15) is 26.3 Å². The monoisotopic (exact) mass is 601 g/mol. The van der Waals surface area contributed by atoms with Gasteiger partial charge in [0.25, 0.3) is 0 Å². The van der Waals surface area contributed by atoms with Gasteiger partial charge in [-0.3, -0.25) is 0 Å². The summed E-state index contributed by atoms with van der Waals surface area (Å²) in [5.41, 5.74) is 7.54. The fourth-order valence-corrected chi connectivity index (χ4v) is 7.48. The number of alkyl halides is 6. The highest BCUT2D eigenvalue weighted by Crippen LogP contribution is 2.48. The second-order valence-corrected chi connectivity index (χ2v) is 13.8. The summed E-state index contributed by atoms with van der Waals surface area (Å²) in [5.74, 6) is -0.528. The van der Waals surface area contributed by atoms with Crippen LogP contribution in [0.2, 0.25) is 0 Å². The topological polar surface area (TPSA) is 3.24 Å². The fraction of sp³-hybridized carbons (Fsp3) is 0.500. The van der Waals surface area contributed by atoms with E-state index >= 15 is 0 Å². The van der Waals surface area contributed by atoms with Crippen LogP contribution in [-0.2, 0) is 31.6 Å². The second kappa shape index (κ2) is 11.2. The van der Waals surface area contributed by atoms with Crippen molar-refractivity contribution in [2.75, 3.05) is 6.54 Å². The van der Waals surface area contributed by atoms with Crippen LogP contribution in [0, 0.1) is 5.41 Å². The van der Waals surface area contributed by atoms with Gasteiger partial charge in [-0.1, -0.05) is 44.7 Å². The van der Waals surface area contributed by atoms with E-state index in [0.717, 1.165) is 68.3 Å². The van der Waals surface area contributed by atoms with Gasteiger partial charge in [0.2, 0.25) is 0 Å². The highest BCUT2D eigenvalue weighted by molar-refractivity contribution is 5.74. The zero-order chi connectivity index (χ0) is 31.5. The minimum Gasteiger partial charge on any atom is -0.368 e. The average molecular weight is 602 g/mol. The van der Waals surface area contributed by atoms with Crippen molar-refractivity contribution >= 4 is 5.57 Å². The van der Waals surface area contributed by atoms with Crippen LogP contribution in [0.5, 0.6) is 0 Å². The van der Waals surface area contributed by atoms with Crippen LogP contribution in [0.1, 0.15) is 105 Å². The van der Waals surface area contributed by atoms with E-state index in [1.54, 1.807) is 0 Å². The molecule has 3 aliphatic rings. The van der Waals surface area contributed by atoms with Crippen molar-refractivity contribution in [1.82, 2.24) is 4.90 Å². The van der Waals surface area contributed by atoms with Gasteiger partial charge in [-0.05, 0) is 128 Å². The van der Waals surface area contributed by atoms with Crippen molar-refractivity contribution in [3.05, 3.63) is 99.3 Å². The number of aryl methyl sites for hydroxylation is 1. The van der Waals surface area contributed by atoms with E-state index < -0.39 is 29.4 Å². The molecule has 0 saturated carbocycles. The van der Waals surface area contributed by atoms with Crippen LogP contribution in [0.25, 0.3) is 5.57 Å². The first-order valence-electron chi connectivity index (χ1n) is 15.2. The van der Waals surface area contributed by atoms with Crippen molar-refractivity contribution in [1.29, 1.82) is 0 Å². The molecule has 5 rings (SSSR count). The summed E-state index contributed by atoms with van der Waals surface area (Å²) >= 11 is 0. The molecule has 43 heavy (non-hydrogen) atoms. The summed E-state index contributed by atoms with van der Waals surface area (Å²) in [6.07, 6.45) is -2.50. The minimum atomic E-state index is -4.87. The molecular formula is C36H41F6N. The Bertz CT molecular complexity index is 1440. The molecule has 2 unspecified atom stereocenters. The first-order chi connectivity index (χ1) is 19.9. The third-order valence-electron chi connectivity index (χ3n) is 9.61. The molecule has 1 saturated heterocycles. The first kappa shape index (κ1) is 31.5. The number of likely N-dealkylation sites (tertiary alicyclic amines) is 1. The average Bonchev–Trinajstić information content (AvgIpc) is 3.46. The van der Waals surface area contributed by atoms with Gasteiger partial charge in [-0.15, -0.1) is 0 Å². The Hall–Kier alpha value is -2.96. The van der Waals surface area contributed by atoms with Crippen LogP contribution in [0.4, 0.5) is 26.3 Å². The van der Waals surface area contributed by atoms with E-state index in [1.807, 2.05) is 13.8 Å². The molecule has 2 aromatic carbocycles. The van der Waals surface area contributed by atoms with Crippen molar-refractivity contribution in [2.24, 2.45) is 5.41 Å². The normalized spacial score (nSPS) is 22.4. The van der Waals surface area contributed by atoms with E-state index in [1.165, 1.54) is 33.4 Å². The number of hydrogen-bond acceptors (Lipinski definition) is 1. The molecule has 7 heteroatoms. The summed E-state index contributed by atoms with van der Waals surface area (Å²) in [5, 5.41) is 0. The Morgan fingerprint density at radius 3 is 2.21 bits per heavy atom.